The van der Waals surface area contributed by atoms with E-state index >= 15 is 0 Å². The Morgan fingerprint density at radius 1 is 1.13 bits per heavy atom. The lowest BCUT2D eigenvalue weighted by Crippen LogP contribution is -2.61. The van der Waals surface area contributed by atoms with Crippen molar-refractivity contribution in [1.29, 1.82) is 0 Å². The summed E-state index contributed by atoms with van der Waals surface area (Å²) in [4.78, 5) is 25.7. The van der Waals surface area contributed by atoms with E-state index in [9.17, 15) is 35.7 Å². The van der Waals surface area contributed by atoms with Crippen molar-refractivity contribution in [2.24, 2.45) is 22.7 Å². The minimum Gasteiger partial charge on any atom is -0.748 e. The van der Waals surface area contributed by atoms with Crippen LogP contribution >= 0.6 is 0 Å². The van der Waals surface area contributed by atoms with Crippen LogP contribution in [0, 0.1) is 22.7 Å². The normalized spacial score (nSPS) is 33.8. The van der Waals surface area contributed by atoms with Gasteiger partial charge in [0.15, 0.2) is 0 Å². The quantitative estimate of drug-likeness (QED) is 0.415. The smallest absolute Gasteiger partial charge is 0.426 e. The number of halogens is 3. The summed E-state index contributed by atoms with van der Waals surface area (Å²) in [7, 11) is -5.27. The van der Waals surface area contributed by atoms with E-state index in [-0.39, 0.29) is 18.3 Å². The molecule has 0 aromatic rings. The highest BCUT2D eigenvalue weighted by atomic mass is 32.2. The Morgan fingerprint density at radius 3 is 2.13 bits per heavy atom. The van der Waals surface area contributed by atoms with Gasteiger partial charge in [-0.1, -0.05) is 6.92 Å². The van der Waals surface area contributed by atoms with Crippen molar-refractivity contribution >= 4 is 22.1 Å². The Morgan fingerprint density at radius 2 is 1.68 bits per heavy atom. The van der Waals surface area contributed by atoms with Gasteiger partial charge in [0, 0.05) is 6.42 Å². The summed E-state index contributed by atoms with van der Waals surface area (Å²) in [6, 6.07) is 0. The van der Waals surface area contributed by atoms with E-state index in [0.717, 1.165) is 6.42 Å². The summed E-state index contributed by atoms with van der Waals surface area (Å²) < 4.78 is 83.0. The summed E-state index contributed by atoms with van der Waals surface area (Å²) in [5.41, 5.74) is -2.96. The lowest BCUT2D eigenvalue weighted by molar-refractivity contribution is -0.239. The number of esters is 2. The van der Waals surface area contributed by atoms with Crippen LogP contribution in [-0.2, 0) is 29.2 Å². The topological polar surface area (TPSA) is 110 Å². The lowest BCUT2D eigenvalue weighted by atomic mass is 9.48. The monoisotopic (exact) mass is 469 g/mol. The van der Waals surface area contributed by atoms with Crippen LogP contribution in [0.2, 0.25) is 0 Å². The Labute approximate surface area is 179 Å². The van der Waals surface area contributed by atoms with Gasteiger partial charge in [0.25, 0.3) is 0 Å². The van der Waals surface area contributed by atoms with Crippen LogP contribution in [0.1, 0.15) is 65.7 Å². The van der Waals surface area contributed by atoms with Gasteiger partial charge in [0.2, 0.25) is 6.10 Å². The SMILES string of the molecule is CCC(C)(C)C(=O)OC12CC3CC(C1)CC(C(=O)OC(CS(=O)(=O)[O-])C(F)(F)F)(C3)C2. The van der Waals surface area contributed by atoms with Crippen molar-refractivity contribution in [3.8, 4) is 0 Å². The average molecular weight is 469 g/mol. The molecule has 11 heteroatoms. The van der Waals surface area contributed by atoms with E-state index in [1.807, 2.05) is 6.92 Å². The third-order valence-corrected chi connectivity index (χ3v) is 7.87. The van der Waals surface area contributed by atoms with Crippen LogP contribution in [0.4, 0.5) is 13.2 Å². The van der Waals surface area contributed by atoms with Gasteiger partial charge in [0.1, 0.15) is 5.60 Å². The Hall–Kier alpha value is -1.36. The first kappa shape index (κ1) is 24.3. The van der Waals surface area contributed by atoms with Crippen molar-refractivity contribution < 1.29 is 45.2 Å². The number of carbonyl (C=O) groups excluding carboxylic acids is 2. The molecule has 4 bridgehead atoms. The van der Waals surface area contributed by atoms with Crippen molar-refractivity contribution in [3.05, 3.63) is 0 Å². The highest BCUT2D eigenvalue weighted by molar-refractivity contribution is 7.85. The zero-order valence-corrected chi connectivity index (χ0v) is 18.6. The fourth-order valence-corrected chi connectivity index (χ4v) is 6.28. The molecule has 4 aliphatic rings. The predicted molar refractivity (Wildman–Crippen MR) is 101 cm³/mol. The maximum Gasteiger partial charge on any atom is 0.426 e. The molecule has 4 rings (SSSR count). The van der Waals surface area contributed by atoms with Crippen LogP contribution in [0.5, 0.6) is 0 Å². The van der Waals surface area contributed by atoms with Gasteiger partial charge >= 0.3 is 18.1 Å². The number of rotatable bonds is 7. The Bertz CT molecular complexity index is 835. The molecular formula is C20H28F3O7S-. The van der Waals surface area contributed by atoms with Gasteiger partial charge in [-0.25, -0.2) is 8.42 Å². The molecule has 0 radical (unpaired) electrons. The third-order valence-electron chi connectivity index (χ3n) is 7.16. The second-order valence-electron chi connectivity index (χ2n) is 10.2. The maximum atomic E-state index is 13.3. The van der Waals surface area contributed by atoms with Crippen LogP contribution in [0.25, 0.3) is 0 Å². The van der Waals surface area contributed by atoms with Gasteiger partial charge in [-0.3, -0.25) is 9.59 Å². The Kier molecular flexibility index (Phi) is 5.96. The highest BCUT2D eigenvalue weighted by Gasteiger charge is 2.64. The van der Waals surface area contributed by atoms with Gasteiger partial charge in [-0.15, -0.1) is 0 Å². The fraction of sp³-hybridized carbons (Fsp3) is 0.900. The van der Waals surface area contributed by atoms with E-state index in [2.05, 4.69) is 4.74 Å². The average Bonchev–Trinajstić information content (AvgIpc) is 2.57. The third kappa shape index (κ3) is 5.02. The molecule has 4 fully saturated rings. The first-order chi connectivity index (χ1) is 14.0. The maximum absolute atomic E-state index is 13.3. The molecule has 3 atom stereocenters. The van der Waals surface area contributed by atoms with Gasteiger partial charge < -0.3 is 14.0 Å². The van der Waals surface area contributed by atoms with Crippen molar-refractivity contribution in [3.63, 3.8) is 0 Å². The van der Waals surface area contributed by atoms with Crippen LogP contribution in [-0.4, -0.2) is 48.5 Å². The summed E-state index contributed by atoms with van der Waals surface area (Å²) in [6.45, 7) is 5.34. The minimum absolute atomic E-state index is 0.00100. The van der Waals surface area contributed by atoms with Gasteiger partial charge in [0.05, 0.1) is 26.7 Å². The van der Waals surface area contributed by atoms with Crippen LogP contribution in [0.3, 0.4) is 0 Å². The van der Waals surface area contributed by atoms with E-state index in [1.165, 1.54) is 0 Å². The molecule has 0 N–H and O–H groups in total. The molecule has 0 saturated heterocycles. The molecule has 3 unspecified atom stereocenters. The first-order valence-electron chi connectivity index (χ1n) is 10.4. The van der Waals surface area contributed by atoms with Gasteiger partial charge in [-0.05, 0) is 64.2 Å². The minimum atomic E-state index is -5.27. The number of hydrogen-bond donors (Lipinski definition) is 0. The molecule has 0 aromatic carbocycles. The zero-order chi connectivity index (χ0) is 23.5. The van der Waals surface area contributed by atoms with E-state index < -0.39 is 56.5 Å². The van der Waals surface area contributed by atoms with Crippen LogP contribution in [0.15, 0.2) is 0 Å². The lowest BCUT2D eigenvalue weighted by Gasteiger charge is -2.60. The summed E-state index contributed by atoms with van der Waals surface area (Å²) in [5.74, 6) is -3.44. The van der Waals surface area contributed by atoms with Crippen molar-refractivity contribution in [2.75, 3.05) is 5.75 Å². The molecule has 0 aromatic heterocycles. The Balaban J connectivity index is 1.84. The van der Waals surface area contributed by atoms with Crippen molar-refractivity contribution in [2.45, 2.75) is 83.6 Å². The molecular weight excluding hydrogens is 441 g/mol. The second kappa shape index (κ2) is 7.60. The second-order valence-corrected chi connectivity index (χ2v) is 11.7. The fourth-order valence-electron chi connectivity index (χ4n) is 5.65. The van der Waals surface area contributed by atoms with Gasteiger partial charge in [-0.2, -0.15) is 13.2 Å². The van der Waals surface area contributed by atoms with E-state index in [0.29, 0.717) is 32.1 Å². The van der Waals surface area contributed by atoms with Crippen LogP contribution < -0.4 is 0 Å². The molecule has 0 aliphatic heterocycles. The molecule has 0 amide bonds. The number of carbonyl (C=O) groups is 2. The summed E-state index contributed by atoms with van der Waals surface area (Å²) in [5, 5.41) is 0. The standard InChI is InChI=1S/C20H29F3O7S/c1-4-17(2,3)15(24)30-19-8-12-5-13(9-19)7-18(6-12,11-19)16(25)29-14(20(21,22)23)10-31(26,27)28/h12-14H,4-11H2,1-3H3,(H,26,27,28)/p-1. The number of alkyl halides is 3. The molecule has 4 aliphatic carbocycles. The summed E-state index contributed by atoms with van der Waals surface area (Å²) in [6.07, 6.45) is -5.14. The van der Waals surface area contributed by atoms with Crippen molar-refractivity contribution in [1.82, 2.24) is 0 Å². The highest BCUT2D eigenvalue weighted by Crippen LogP contribution is 2.63. The molecule has 7 nitrogen and oxygen atoms in total. The largest absolute Gasteiger partial charge is 0.748 e. The molecule has 4 saturated carbocycles. The van der Waals surface area contributed by atoms with E-state index in [1.54, 1.807) is 13.8 Å². The first-order valence-corrected chi connectivity index (χ1v) is 12.0. The number of hydrogen-bond acceptors (Lipinski definition) is 7. The molecule has 0 heterocycles. The molecule has 31 heavy (non-hydrogen) atoms. The number of ether oxygens (including phenoxy) is 2. The zero-order valence-electron chi connectivity index (χ0n) is 17.8. The summed E-state index contributed by atoms with van der Waals surface area (Å²) >= 11 is 0. The predicted octanol–water partition coefficient (Wildman–Crippen LogP) is 3.32. The molecule has 178 valence electrons. The van der Waals surface area contributed by atoms with E-state index in [4.69, 9.17) is 4.74 Å². The molecule has 0 spiro atoms.